The molecule has 1 aromatic carbocycles. The minimum Gasteiger partial charge on any atom is -0.384 e. The van der Waals surface area contributed by atoms with E-state index in [1.807, 2.05) is 19.0 Å². The third-order valence-corrected chi connectivity index (χ3v) is 2.08. The van der Waals surface area contributed by atoms with E-state index in [0.29, 0.717) is 12.2 Å². The van der Waals surface area contributed by atoms with E-state index in [9.17, 15) is 13.2 Å². The van der Waals surface area contributed by atoms with Crippen molar-refractivity contribution in [3.63, 3.8) is 0 Å². The molecule has 0 radical (unpaired) electrons. The lowest BCUT2D eigenvalue weighted by atomic mass is 10.2. The van der Waals surface area contributed by atoms with Crippen LogP contribution in [0.5, 0.6) is 0 Å². The molecule has 90 valence electrons. The molecule has 2 nitrogen and oxygen atoms in total. The van der Waals surface area contributed by atoms with Crippen LogP contribution in [0.2, 0.25) is 0 Å². The van der Waals surface area contributed by atoms with Crippen LogP contribution in [0.15, 0.2) is 24.3 Å². The number of alkyl halides is 3. The molecule has 0 amide bonds. The number of rotatable bonds is 4. The van der Waals surface area contributed by atoms with Crippen LogP contribution in [-0.4, -0.2) is 32.1 Å². The summed E-state index contributed by atoms with van der Waals surface area (Å²) in [6, 6.07) is 5.22. The second-order valence-electron chi connectivity index (χ2n) is 3.81. The summed E-state index contributed by atoms with van der Waals surface area (Å²) in [5, 5.41) is 2.95. The number of benzene rings is 1. The van der Waals surface area contributed by atoms with Gasteiger partial charge in [-0.3, -0.25) is 0 Å². The summed E-state index contributed by atoms with van der Waals surface area (Å²) in [7, 11) is 3.82. The molecule has 0 aliphatic rings. The maximum Gasteiger partial charge on any atom is 0.416 e. The first-order valence-corrected chi connectivity index (χ1v) is 4.95. The van der Waals surface area contributed by atoms with E-state index < -0.39 is 11.7 Å². The van der Waals surface area contributed by atoms with Crippen LogP contribution >= 0.6 is 0 Å². The lowest BCUT2D eigenvalue weighted by Gasteiger charge is -2.13. The molecule has 0 heterocycles. The highest BCUT2D eigenvalue weighted by Gasteiger charge is 2.30. The van der Waals surface area contributed by atoms with Gasteiger partial charge in [-0.1, -0.05) is 6.07 Å². The summed E-state index contributed by atoms with van der Waals surface area (Å²) in [4.78, 5) is 1.96. The summed E-state index contributed by atoms with van der Waals surface area (Å²) in [6.07, 6.45) is -4.28. The monoisotopic (exact) mass is 232 g/mol. The average Bonchev–Trinajstić information content (AvgIpc) is 2.16. The second-order valence-corrected chi connectivity index (χ2v) is 3.81. The largest absolute Gasteiger partial charge is 0.416 e. The van der Waals surface area contributed by atoms with Crippen LogP contribution in [-0.2, 0) is 6.18 Å². The molecule has 16 heavy (non-hydrogen) atoms. The molecule has 0 aliphatic carbocycles. The number of nitrogens with one attached hydrogen (secondary N) is 1. The number of likely N-dealkylation sites (N-methyl/N-ethyl adjacent to an activating group) is 1. The number of nitrogens with zero attached hydrogens (tertiary/aromatic N) is 1. The van der Waals surface area contributed by atoms with E-state index in [2.05, 4.69) is 5.32 Å². The number of hydrogen-bond donors (Lipinski definition) is 1. The van der Waals surface area contributed by atoms with Gasteiger partial charge in [-0.25, -0.2) is 0 Å². The van der Waals surface area contributed by atoms with Crippen molar-refractivity contribution >= 4 is 5.69 Å². The Morgan fingerprint density at radius 2 is 1.94 bits per heavy atom. The van der Waals surface area contributed by atoms with Gasteiger partial charge in [-0.2, -0.15) is 13.2 Å². The summed E-state index contributed by atoms with van der Waals surface area (Å²) >= 11 is 0. The minimum atomic E-state index is -4.28. The highest BCUT2D eigenvalue weighted by Crippen LogP contribution is 2.30. The van der Waals surface area contributed by atoms with Crippen LogP contribution in [0.25, 0.3) is 0 Å². The first-order chi connectivity index (χ1) is 7.39. The Balaban J connectivity index is 2.61. The number of halogens is 3. The van der Waals surface area contributed by atoms with Gasteiger partial charge in [0.15, 0.2) is 0 Å². The highest BCUT2D eigenvalue weighted by atomic mass is 19.4. The fourth-order valence-corrected chi connectivity index (χ4v) is 1.23. The third kappa shape index (κ3) is 4.10. The topological polar surface area (TPSA) is 15.3 Å². The summed E-state index contributed by atoms with van der Waals surface area (Å²) in [5.74, 6) is 0. The van der Waals surface area contributed by atoms with Crippen molar-refractivity contribution in [1.82, 2.24) is 4.90 Å². The van der Waals surface area contributed by atoms with Crippen LogP contribution < -0.4 is 5.32 Å². The van der Waals surface area contributed by atoms with Gasteiger partial charge in [-0.15, -0.1) is 0 Å². The van der Waals surface area contributed by atoms with Crippen LogP contribution in [0.1, 0.15) is 5.56 Å². The van der Waals surface area contributed by atoms with Gasteiger partial charge in [0.2, 0.25) is 0 Å². The molecule has 0 saturated heterocycles. The molecule has 0 spiro atoms. The average molecular weight is 232 g/mol. The van der Waals surface area contributed by atoms with Gasteiger partial charge in [0.1, 0.15) is 0 Å². The minimum absolute atomic E-state index is 0.497. The smallest absolute Gasteiger partial charge is 0.384 e. The first-order valence-electron chi connectivity index (χ1n) is 4.95. The van der Waals surface area contributed by atoms with Gasteiger partial charge in [-0.05, 0) is 32.3 Å². The van der Waals surface area contributed by atoms with Crippen molar-refractivity contribution in [3.05, 3.63) is 29.8 Å². The molecule has 0 atom stereocenters. The molecular weight excluding hydrogens is 217 g/mol. The predicted molar refractivity (Wildman–Crippen MR) is 58.5 cm³/mol. The highest BCUT2D eigenvalue weighted by molar-refractivity contribution is 5.46. The molecule has 0 aromatic heterocycles. The standard InChI is InChI=1S/C11H15F3N2/c1-16(2)7-6-15-10-5-3-4-9(8-10)11(12,13)14/h3-5,8,15H,6-7H2,1-2H3. The van der Waals surface area contributed by atoms with Gasteiger partial charge in [0.25, 0.3) is 0 Å². The van der Waals surface area contributed by atoms with Crippen LogP contribution in [0, 0.1) is 0 Å². The van der Waals surface area contributed by atoms with Crippen molar-refractivity contribution in [2.75, 3.05) is 32.5 Å². The molecule has 1 rings (SSSR count). The maximum absolute atomic E-state index is 12.4. The van der Waals surface area contributed by atoms with Gasteiger partial charge < -0.3 is 10.2 Å². The lowest BCUT2D eigenvalue weighted by Crippen LogP contribution is -2.20. The summed E-state index contributed by atoms with van der Waals surface area (Å²) in [6.45, 7) is 1.39. The van der Waals surface area contributed by atoms with Crippen molar-refractivity contribution in [2.24, 2.45) is 0 Å². The Bertz CT molecular complexity index is 334. The SMILES string of the molecule is CN(C)CCNc1cccc(C(F)(F)F)c1. The molecule has 0 unspecified atom stereocenters. The quantitative estimate of drug-likeness (QED) is 0.858. The van der Waals surface area contributed by atoms with Crippen LogP contribution in [0.3, 0.4) is 0 Å². The van der Waals surface area contributed by atoms with E-state index in [1.165, 1.54) is 6.07 Å². The Kier molecular flexibility index (Phi) is 4.18. The Hall–Kier alpha value is -1.23. The van der Waals surface area contributed by atoms with E-state index in [1.54, 1.807) is 6.07 Å². The van der Waals surface area contributed by atoms with Crippen molar-refractivity contribution in [3.8, 4) is 0 Å². The molecular formula is C11H15F3N2. The zero-order chi connectivity index (χ0) is 12.2. The second kappa shape index (κ2) is 5.21. The Labute approximate surface area is 93.1 Å². The van der Waals surface area contributed by atoms with E-state index in [4.69, 9.17) is 0 Å². The van der Waals surface area contributed by atoms with Crippen molar-refractivity contribution in [2.45, 2.75) is 6.18 Å². The van der Waals surface area contributed by atoms with Crippen molar-refractivity contribution in [1.29, 1.82) is 0 Å². The summed E-state index contributed by atoms with van der Waals surface area (Å²) < 4.78 is 37.1. The molecule has 1 aromatic rings. The van der Waals surface area contributed by atoms with Crippen molar-refractivity contribution < 1.29 is 13.2 Å². The predicted octanol–water partition coefficient (Wildman–Crippen LogP) is 2.68. The lowest BCUT2D eigenvalue weighted by molar-refractivity contribution is -0.137. The van der Waals surface area contributed by atoms with E-state index in [-0.39, 0.29) is 0 Å². The molecule has 1 N–H and O–H groups in total. The van der Waals surface area contributed by atoms with E-state index >= 15 is 0 Å². The zero-order valence-corrected chi connectivity index (χ0v) is 9.30. The fourth-order valence-electron chi connectivity index (χ4n) is 1.23. The molecule has 5 heteroatoms. The normalized spacial score (nSPS) is 11.9. The molecule has 0 aliphatic heterocycles. The molecule has 0 fully saturated rings. The first kappa shape index (κ1) is 12.8. The number of anilines is 1. The van der Waals surface area contributed by atoms with Gasteiger partial charge in [0.05, 0.1) is 5.56 Å². The Morgan fingerprint density at radius 3 is 2.50 bits per heavy atom. The fraction of sp³-hybridized carbons (Fsp3) is 0.455. The zero-order valence-electron chi connectivity index (χ0n) is 9.30. The third-order valence-electron chi connectivity index (χ3n) is 2.08. The van der Waals surface area contributed by atoms with Gasteiger partial charge in [0, 0.05) is 18.8 Å². The number of hydrogen-bond acceptors (Lipinski definition) is 2. The van der Waals surface area contributed by atoms with Gasteiger partial charge >= 0.3 is 6.18 Å². The molecule has 0 saturated carbocycles. The van der Waals surface area contributed by atoms with E-state index in [0.717, 1.165) is 18.7 Å². The maximum atomic E-state index is 12.4. The Morgan fingerprint density at radius 1 is 1.25 bits per heavy atom. The summed E-state index contributed by atoms with van der Waals surface area (Å²) in [5.41, 5.74) is -0.126. The van der Waals surface area contributed by atoms with Crippen LogP contribution in [0.4, 0.5) is 18.9 Å². The molecule has 0 bridgehead atoms.